The summed E-state index contributed by atoms with van der Waals surface area (Å²) in [4.78, 5) is 23.2. The molecule has 0 aliphatic heterocycles. The second-order valence-corrected chi connectivity index (χ2v) is 5.40. The summed E-state index contributed by atoms with van der Waals surface area (Å²) in [5.41, 5.74) is 5.50. The van der Waals surface area contributed by atoms with Crippen LogP contribution < -0.4 is 11.1 Å². The lowest BCUT2D eigenvalue weighted by Gasteiger charge is -2.19. The van der Waals surface area contributed by atoms with Crippen LogP contribution in [0.1, 0.15) is 25.8 Å². The number of aliphatic hydroxyl groups is 1. The van der Waals surface area contributed by atoms with E-state index in [0.717, 1.165) is 0 Å². The maximum absolute atomic E-state index is 13.6. The van der Waals surface area contributed by atoms with E-state index in [1.807, 2.05) is 13.8 Å². The average Bonchev–Trinajstić information content (AvgIpc) is 2.39. The Bertz CT molecular complexity index is 505. The maximum Gasteiger partial charge on any atom is 0.249 e. The largest absolute Gasteiger partial charge is 0.383 e. The number of amides is 2. The number of primary amides is 1. The topological polar surface area (TPSA) is 92.4 Å². The summed E-state index contributed by atoms with van der Waals surface area (Å²) in [7, 11) is 0. The van der Waals surface area contributed by atoms with Gasteiger partial charge in [0.1, 0.15) is 18.0 Å². The molecule has 0 spiro atoms. The van der Waals surface area contributed by atoms with Crippen molar-refractivity contribution < 1.29 is 19.1 Å². The van der Waals surface area contributed by atoms with E-state index in [1.165, 1.54) is 18.2 Å². The molecule has 1 rings (SSSR count). The molecule has 21 heavy (non-hydrogen) atoms. The monoisotopic (exact) mass is 296 g/mol. The summed E-state index contributed by atoms with van der Waals surface area (Å²) in [6.45, 7) is 3.73. The third-order valence-electron chi connectivity index (χ3n) is 3.04. The lowest BCUT2D eigenvalue weighted by Crippen LogP contribution is -2.49. The van der Waals surface area contributed by atoms with Gasteiger partial charge in [-0.2, -0.15) is 0 Å². The zero-order valence-corrected chi connectivity index (χ0v) is 12.2. The minimum absolute atomic E-state index is 0.0534. The van der Waals surface area contributed by atoms with E-state index in [0.29, 0.717) is 0 Å². The number of hydrogen-bond donors (Lipinski definition) is 3. The van der Waals surface area contributed by atoms with E-state index in [4.69, 9.17) is 5.73 Å². The Labute approximate surface area is 123 Å². The fourth-order valence-corrected chi connectivity index (χ4v) is 1.93. The molecule has 0 aliphatic rings. The Balaban J connectivity index is 2.73. The standard InChI is InChI=1S/C15H21FN2O3/c1-9(2)7-13(19)15(21)18-12(14(17)20)8-10-5-3-4-6-11(10)16/h3-6,9,12-13,19H,7-8H2,1-2H3,(H2,17,20)(H,18,21)/t12-,13+/m1/s1. The van der Waals surface area contributed by atoms with E-state index < -0.39 is 29.8 Å². The smallest absolute Gasteiger partial charge is 0.249 e. The van der Waals surface area contributed by atoms with Crippen molar-refractivity contribution >= 4 is 11.8 Å². The van der Waals surface area contributed by atoms with Gasteiger partial charge in [-0.15, -0.1) is 0 Å². The number of benzene rings is 1. The molecule has 0 fully saturated rings. The Hall–Kier alpha value is -1.95. The number of nitrogens with two attached hydrogens (primary N) is 1. The summed E-state index contributed by atoms with van der Waals surface area (Å²) in [5.74, 6) is -1.79. The van der Waals surface area contributed by atoms with Crippen molar-refractivity contribution in [2.45, 2.75) is 38.8 Å². The van der Waals surface area contributed by atoms with E-state index >= 15 is 0 Å². The number of nitrogens with one attached hydrogen (secondary N) is 1. The summed E-state index contributed by atoms with van der Waals surface area (Å²) >= 11 is 0. The molecule has 1 aromatic carbocycles. The van der Waals surface area contributed by atoms with E-state index in [2.05, 4.69) is 5.32 Å². The van der Waals surface area contributed by atoms with Crippen molar-refractivity contribution in [1.29, 1.82) is 0 Å². The normalized spacial score (nSPS) is 13.8. The van der Waals surface area contributed by atoms with Gasteiger partial charge in [0.2, 0.25) is 11.8 Å². The fraction of sp³-hybridized carbons (Fsp3) is 0.467. The van der Waals surface area contributed by atoms with Gasteiger partial charge in [0.05, 0.1) is 0 Å². The average molecular weight is 296 g/mol. The van der Waals surface area contributed by atoms with Crippen molar-refractivity contribution in [3.05, 3.63) is 35.6 Å². The Morgan fingerprint density at radius 1 is 1.33 bits per heavy atom. The summed E-state index contributed by atoms with van der Waals surface area (Å²) < 4.78 is 13.6. The van der Waals surface area contributed by atoms with Gasteiger partial charge in [0.25, 0.3) is 0 Å². The fourth-order valence-electron chi connectivity index (χ4n) is 1.93. The molecular weight excluding hydrogens is 275 g/mol. The minimum Gasteiger partial charge on any atom is -0.383 e. The van der Waals surface area contributed by atoms with Crippen LogP contribution in [-0.2, 0) is 16.0 Å². The van der Waals surface area contributed by atoms with Crippen molar-refractivity contribution in [3.63, 3.8) is 0 Å². The van der Waals surface area contributed by atoms with Crippen molar-refractivity contribution in [3.8, 4) is 0 Å². The summed E-state index contributed by atoms with van der Waals surface area (Å²) in [6, 6.07) is 4.89. The van der Waals surface area contributed by atoms with Crippen molar-refractivity contribution in [1.82, 2.24) is 5.32 Å². The van der Waals surface area contributed by atoms with Crippen LogP contribution >= 0.6 is 0 Å². The van der Waals surface area contributed by atoms with Gasteiger partial charge < -0.3 is 16.2 Å². The Morgan fingerprint density at radius 2 is 1.95 bits per heavy atom. The van der Waals surface area contributed by atoms with Crippen LogP contribution in [0.5, 0.6) is 0 Å². The second kappa shape index (κ2) is 7.73. The Kier molecular flexibility index (Phi) is 6.30. The predicted molar refractivity (Wildman–Crippen MR) is 76.7 cm³/mol. The highest BCUT2D eigenvalue weighted by Crippen LogP contribution is 2.10. The highest BCUT2D eigenvalue weighted by atomic mass is 19.1. The molecule has 2 atom stereocenters. The molecule has 0 radical (unpaired) electrons. The third kappa shape index (κ3) is 5.51. The minimum atomic E-state index is -1.22. The first kappa shape index (κ1) is 17.1. The number of hydrogen-bond acceptors (Lipinski definition) is 3. The van der Waals surface area contributed by atoms with Crippen molar-refractivity contribution in [2.75, 3.05) is 0 Å². The molecule has 0 bridgehead atoms. The SMILES string of the molecule is CC(C)C[C@H](O)C(=O)N[C@H](Cc1ccccc1F)C(N)=O. The molecule has 0 heterocycles. The van der Waals surface area contributed by atoms with Gasteiger partial charge in [-0.05, 0) is 24.0 Å². The van der Waals surface area contributed by atoms with Gasteiger partial charge in [-0.25, -0.2) is 4.39 Å². The molecule has 116 valence electrons. The van der Waals surface area contributed by atoms with Crippen LogP contribution in [-0.4, -0.2) is 29.1 Å². The summed E-state index contributed by atoms with van der Waals surface area (Å²) in [6.07, 6.45) is -0.994. The molecule has 6 heteroatoms. The quantitative estimate of drug-likeness (QED) is 0.693. The first-order chi connectivity index (χ1) is 9.81. The van der Waals surface area contributed by atoms with E-state index in [-0.39, 0.29) is 24.3 Å². The van der Waals surface area contributed by atoms with Crippen LogP contribution in [0.15, 0.2) is 24.3 Å². The highest BCUT2D eigenvalue weighted by molar-refractivity contribution is 5.88. The molecular formula is C15H21FN2O3. The molecule has 0 aliphatic carbocycles. The number of carbonyl (C=O) groups excluding carboxylic acids is 2. The summed E-state index contributed by atoms with van der Waals surface area (Å²) in [5, 5.41) is 12.1. The van der Waals surface area contributed by atoms with Gasteiger partial charge in [0, 0.05) is 6.42 Å². The predicted octanol–water partition coefficient (Wildman–Crippen LogP) is 0.745. The molecule has 0 aromatic heterocycles. The van der Waals surface area contributed by atoms with Gasteiger partial charge in [-0.3, -0.25) is 9.59 Å². The molecule has 1 aromatic rings. The molecule has 0 saturated carbocycles. The molecule has 0 saturated heterocycles. The van der Waals surface area contributed by atoms with Gasteiger partial charge in [0.15, 0.2) is 0 Å². The zero-order chi connectivity index (χ0) is 16.0. The Morgan fingerprint density at radius 3 is 2.48 bits per heavy atom. The molecule has 5 nitrogen and oxygen atoms in total. The van der Waals surface area contributed by atoms with Crippen LogP contribution in [0.4, 0.5) is 4.39 Å². The van der Waals surface area contributed by atoms with Gasteiger partial charge >= 0.3 is 0 Å². The number of carbonyl (C=O) groups is 2. The second-order valence-electron chi connectivity index (χ2n) is 5.40. The van der Waals surface area contributed by atoms with Crippen molar-refractivity contribution in [2.24, 2.45) is 11.7 Å². The first-order valence-electron chi connectivity index (χ1n) is 6.82. The number of rotatable bonds is 7. The molecule has 4 N–H and O–H groups in total. The maximum atomic E-state index is 13.6. The number of aliphatic hydroxyl groups excluding tert-OH is 1. The first-order valence-corrected chi connectivity index (χ1v) is 6.82. The van der Waals surface area contributed by atoms with Gasteiger partial charge in [-0.1, -0.05) is 32.0 Å². The van der Waals surface area contributed by atoms with Crippen LogP contribution in [0.25, 0.3) is 0 Å². The van der Waals surface area contributed by atoms with Crippen LogP contribution in [0.2, 0.25) is 0 Å². The zero-order valence-electron chi connectivity index (χ0n) is 12.2. The van der Waals surface area contributed by atoms with Crippen LogP contribution in [0, 0.1) is 11.7 Å². The highest BCUT2D eigenvalue weighted by Gasteiger charge is 2.24. The van der Waals surface area contributed by atoms with Crippen LogP contribution in [0.3, 0.4) is 0 Å². The molecule has 0 unspecified atom stereocenters. The number of halogens is 1. The molecule has 2 amide bonds. The lowest BCUT2D eigenvalue weighted by molar-refractivity contribution is -0.133. The lowest BCUT2D eigenvalue weighted by atomic mass is 10.0. The third-order valence-corrected chi connectivity index (χ3v) is 3.04. The van der Waals surface area contributed by atoms with E-state index in [9.17, 15) is 19.1 Å². The van der Waals surface area contributed by atoms with E-state index in [1.54, 1.807) is 6.07 Å².